The number of anilines is 3. The zero-order chi connectivity index (χ0) is 25.2. The molecule has 0 bridgehead atoms. The molecule has 9 heteroatoms. The molecule has 0 saturated carbocycles. The van der Waals surface area contributed by atoms with Crippen LogP contribution in [0.4, 0.5) is 17.1 Å². The first kappa shape index (κ1) is 24.3. The van der Waals surface area contributed by atoms with Gasteiger partial charge in [0.25, 0.3) is 15.9 Å². The van der Waals surface area contributed by atoms with Gasteiger partial charge in [0.15, 0.2) is 0 Å². The minimum absolute atomic E-state index is 0.0192. The molecule has 182 valence electrons. The topological polar surface area (TPSA) is 105 Å². The summed E-state index contributed by atoms with van der Waals surface area (Å²) in [6.07, 6.45) is 1.29. The van der Waals surface area contributed by atoms with Gasteiger partial charge in [-0.15, -0.1) is 0 Å². The van der Waals surface area contributed by atoms with Gasteiger partial charge in [0.1, 0.15) is 5.75 Å². The molecule has 0 aromatic heterocycles. The molecule has 0 atom stereocenters. The van der Waals surface area contributed by atoms with Gasteiger partial charge < -0.3 is 15.0 Å². The molecule has 0 radical (unpaired) electrons. The maximum atomic E-state index is 13.1. The van der Waals surface area contributed by atoms with Crippen molar-refractivity contribution in [3.05, 3.63) is 77.4 Å². The molecule has 2 amide bonds. The second-order valence-electron chi connectivity index (χ2n) is 8.44. The third kappa shape index (κ3) is 5.30. The number of ether oxygens (including phenoxy) is 1. The Bertz CT molecular complexity index is 1380. The SMILES string of the molecule is COc1cc(NC(=O)c2cc(S(=O)(=O)Nc3ccc(C)cc3)ccc2C)ccc1N1CCCC1=O. The summed E-state index contributed by atoms with van der Waals surface area (Å²) in [7, 11) is -2.39. The second-order valence-corrected chi connectivity index (χ2v) is 10.1. The fourth-order valence-corrected chi connectivity index (χ4v) is 5.01. The largest absolute Gasteiger partial charge is 0.494 e. The number of carbonyl (C=O) groups is 2. The Kier molecular flexibility index (Phi) is 6.79. The summed E-state index contributed by atoms with van der Waals surface area (Å²) in [5.74, 6) is 0.0447. The quantitative estimate of drug-likeness (QED) is 0.505. The molecule has 35 heavy (non-hydrogen) atoms. The molecule has 3 aromatic carbocycles. The number of aryl methyl sites for hydroxylation is 2. The molecular weight excluding hydrogens is 466 g/mol. The van der Waals surface area contributed by atoms with Crippen LogP contribution in [-0.4, -0.2) is 33.9 Å². The van der Waals surface area contributed by atoms with Gasteiger partial charge >= 0.3 is 0 Å². The lowest BCUT2D eigenvalue weighted by Gasteiger charge is -2.20. The summed E-state index contributed by atoms with van der Waals surface area (Å²) >= 11 is 0. The standard InChI is InChI=1S/C26H27N3O5S/c1-17-6-9-19(10-7-17)28-35(32,33)21-12-8-18(2)22(16-21)26(31)27-20-11-13-23(24(15-20)34-3)29-14-4-5-25(29)30/h6-13,15-16,28H,4-5,14H2,1-3H3,(H,27,31). The molecule has 1 saturated heterocycles. The van der Waals surface area contributed by atoms with Crippen molar-refractivity contribution < 1.29 is 22.7 Å². The van der Waals surface area contributed by atoms with Gasteiger partial charge in [0.2, 0.25) is 5.91 Å². The summed E-state index contributed by atoms with van der Waals surface area (Å²) in [6, 6.07) is 16.5. The minimum Gasteiger partial charge on any atom is -0.494 e. The summed E-state index contributed by atoms with van der Waals surface area (Å²) in [6.45, 7) is 4.28. The van der Waals surface area contributed by atoms with E-state index in [1.54, 1.807) is 48.2 Å². The van der Waals surface area contributed by atoms with Crippen LogP contribution in [0.15, 0.2) is 65.6 Å². The molecule has 1 aliphatic rings. The predicted octanol–water partition coefficient (Wildman–Crippen LogP) is 4.49. The van der Waals surface area contributed by atoms with Crippen LogP contribution < -0.4 is 19.7 Å². The number of nitrogens with zero attached hydrogens (tertiary/aromatic N) is 1. The average Bonchev–Trinajstić information content (AvgIpc) is 3.26. The fourth-order valence-electron chi connectivity index (χ4n) is 3.93. The van der Waals surface area contributed by atoms with E-state index in [9.17, 15) is 18.0 Å². The normalized spacial score (nSPS) is 13.6. The maximum absolute atomic E-state index is 13.1. The Morgan fingerprint density at radius 2 is 1.69 bits per heavy atom. The van der Waals surface area contributed by atoms with Crippen molar-refractivity contribution in [2.24, 2.45) is 0 Å². The van der Waals surface area contributed by atoms with Crippen LogP contribution in [0.5, 0.6) is 5.75 Å². The molecule has 0 aliphatic carbocycles. The number of nitrogens with one attached hydrogen (secondary N) is 2. The molecule has 1 fully saturated rings. The van der Waals surface area contributed by atoms with Crippen LogP contribution >= 0.6 is 0 Å². The fraction of sp³-hybridized carbons (Fsp3) is 0.231. The van der Waals surface area contributed by atoms with Crippen LogP contribution in [0.1, 0.15) is 34.3 Å². The minimum atomic E-state index is -3.89. The molecule has 0 spiro atoms. The number of hydrogen-bond acceptors (Lipinski definition) is 5. The van der Waals surface area contributed by atoms with Crippen molar-refractivity contribution >= 4 is 38.9 Å². The van der Waals surface area contributed by atoms with Crippen molar-refractivity contribution in [1.82, 2.24) is 0 Å². The van der Waals surface area contributed by atoms with E-state index in [1.807, 2.05) is 19.1 Å². The zero-order valence-electron chi connectivity index (χ0n) is 19.8. The Labute approximate surface area is 205 Å². The van der Waals surface area contributed by atoms with Crippen LogP contribution in [0.3, 0.4) is 0 Å². The van der Waals surface area contributed by atoms with Crippen molar-refractivity contribution in [3.8, 4) is 5.75 Å². The van der Waals surface area contributed by atoms with E-state index in [0.717, 1.165) is 12.0 Å². The highest BCUT2D eigenvalue weighted by molar-refractivity contribution is 7.92. The summed E-state index contributed by atoms with van der Waals surface area (Å²) in [5, 5.41) is 2.80. The zero-order valence-corrected chi connectivity index (χ0v) is 20.6. The lowest BCUT2D eigenvalue weighted by Crippen LogP contribution is -2.24. The molecule has 8 nitrogen and oxygen atoms in total. The third-order valence-electron chi connectivity index (χ3n) is 5.87. The highest BCUT2D eigenvalue weighted by Gasteiger charge is 2.25. The Hall–Kier alpha value is -3.85. The molecule has 0 unspecified atom stereocenters. The number of hydrogen-bond donors (Lipinski definition) is 2. The van der Waals surface area contributed by atoms with Gasteiger partial charge in [-0.3, -0.25) is 14.3 Å². The lowest BCUT2D eigenvalue weighted by molar-refractivity contribution is -0.117. The van der Waals surface area contributed by atoms with E-state index in [-0.39, 0.29) is 16.4 Å². The number of sulfonamides is 1. The number of rotatable bonds is 7. The average molecular weight is 494 g/mol. The van der Waals surface area contributed by atoms with E-state index >= 15 is 0 Å². The summed E-state index contributed by atoms with van der Waals surface area (Å²) < 4.78 is 33.8. The first-order chi connectivity index (χ1) is 16.7. The van der Waals surface area contributed by atoms with E-state index in [4.69, 9.17) is 4.74 Å². The van der Waals surface area contributed by atoms with Crippen LogP contribution in [0.2, 0.25) is 0 Å². The lowest BCUT2D eigenvalue weighted by atomic mass is 10.1. The van der Waals surface area contributed by atoms with Crippen molar-refractivity contribution in [3.63, 3.8) is 0 Å². The molecular formula is C26H27N3O5S. The van der Waals surface area contributed by atoms with Crippen LogP contribution in [0, 0.1) is 13.8 Å². The van der Waals surface area contributed by atoms with Gasteiger partial charge in [-0.25, -0.2) is 8.42 Å². The number of methoxy groups -OCH3 is 1. The van der Waals surface area contributed by atoms with Gasteiger partial charge in [-0.05, 0) is 62.2 Å². The van der Waals surface area contributed by atoms with Gasteiger partial charge in [-0.2, -0.15) is 0 Å². The highest BCUT2D eigenvalue weighted by Crippen LogP contribution is 2.34. The number of benzene rings is 3. The van der Waals surface area contributed by atoms with Crippen LogP contribution in [-0.2, 0) is 14.8 Å². The number of amides is 2. The maximum Gasteiger partial charge on any atom is 0.261 e. The molecule has 2 N–H and O–H groups in total. The van der Waals surface area contributed by atoms with E-state index < -0.39 is 15.9 Å². The van der Waals surface area contributed by atoms with Crippen molar-refractivity contribution in [2.75, 3.05) is 28.6 Å². The molecule has 3 aromatic rings. The van der Waals surface area contributed by atoms with Crippen molar-refractivity contribution in [1.29, 1.82) is 0 Å². The van der Waals surface area contributed by atoms with E-state index in [2.05, 4.69) is 10.0 Å². The second kappa shape index (κ2) is 9.79. The molecule has 4 rings (SSSR count). The Morgan fingerprint density at radius 3 is 2.34 bits per heavy atom. The predicted molar refractivity (Wildman–Crippen MR) is 136 cm³/mol. The van der Waals surface area contributed by atoms with E-state index in [0.29, 0.717) is 41.3 Å². The van der Waals surface area contributed by atoms with Crippen LogP contribution in [0.25, 0.3) is 0 Å². The van der Waals surface area contributed by atoms with E-state index in [1.165, 1.54) is 19.2 Å². The molecule has 1 heterocycles. The Morgan fingerprint density at radius 1 is 0.971 bits per heavy atom. The Balaban J connectivity index is 1.56. The van der Waals surface area contributed by atoms with Gasteiger partial charge in [0.05, 0.1) is 17.7 Å². The first-order valence-electron chi connectivity index (χ1n) is 11.2. The molecule has 1 aliphatic heterocycles. The first-order valence-corrected chi connectivity index (χ1v) is 12.7. The monoisotopic (exact) mass is 493 g/mol. The summed E-state index contributed by atoms with van der Waals surface area (Å²) in [5.41, 5.74) is 3.43. The smallest absolute Gasteiger partial charge is 0.261 e. The van der Waals surface area contributed by atoms with Crippen molar-refractivity contribution in [2.45, 2.75) is 31.6 Å². The number of carbonyl (C=O) groups excluding carboxylic acids is 2. The van der Waals surface area contributed by atoms with Gasteiger partial charge in [0, 0.05) is 36.0 Å². The summed E-state index contributed by atoms with van der Waals surface area (Å²) in [4.78, 5) is 26.8. The van der Waals surface area contributed by atoms with Gasteiger partial charge in [-0.1, -0.05) is 23.8 Å². The third-order valence-corrected chi connectivity index (χ3v) is 7.25. The highest BCUT2D eigenvalue weighted by atomic mass is 32.2.